The van der Waals surface area contributed by atoms with Gasteiger partial charge in [-0.05, 0) is 44.0 Å². The molecule has 3 aromatic rings. The van der Waals surface area contributed by atoms with Crippen LogP contribution in [0.1, 0.15) is 55.5 Å². The summed E-state index contributed by atoms with van der Waals surface area (Å²) >= 11 is 1.40. The number of fused-ring (bicyclic) bond motifs is 1. The molecule has 1 fully saturated rings. The fraction of sp³-hybridized carbons (Fsp3) is 0.280. The second-order valence-corrected chi connectivity index (χ2v) is 9.08. The third-order valence-electron chi connectivity index (χ3n) is 6.01. The molecule has 0 radical (unpaired) electrons. The van der Waals surface area contributed by atoms with Crippen molar-refractivity contribution < 1.29 is 9.50 Å². The van der Waals surface area contributed by atoms with Crippen molar-refractivity contribution in [2.75, 3.05) is 0 Å². The van der Waals surface area contributed by atoms with Crippen LogP contribution < -0.4 is 4.80 Å². The molecule has 2 heterocycles. The van der Waals surface area contributed by atoms with E-state index in [2.05, 4.69) is 9.98 Å². The van der Waals surface area contributed by atoms with Gasteiger partial charge in [0.2, 0.25) is 5.88 Å². The van der Waals surface area contributed by atoms with Gasteiger partial charge in [-0.2, -0.15) is 0 Å². The molecule has 31 heavy (non-hydrogen) atoms. The summed E-state index contributed by atoms with van der Waals surface area (Å²) in [6.45, 7) is 1.98. The molecular weight excluding hydrogens is 409 g/mol. The number of aromatic nitrogens is 1. The van der Waals surface area contributed by atoms with Crippen LogP contribution in [0.5, 0.6) is 5.88 Å². The summed E-state index contributed by atoms with van der Waals surface area (Å²) in [5, 5.41) is 11.2. The zero-order chi connectivity index (χ0) is 21.4. The van der Waals surface area contributed by atoms with Crippen molar-refractivity contribution in [1.82, 2.24) is 4.57 Å². The van der Waals surface area contributed by atoms with Gasteiger partial charge >= 0.3 is 0 Å². The van der Waals surface area contributed by atoms with Gasteiger partial charge in [-0.25, -0.2) is 9.38 Å². The number of thiazole rings is 1. The lowest BCUT2D eigenvalue weighted by Gasteiger charge is -2.23. The molecular formula is C25H24FN3OS. The van der Waals surface area contributed by atoms with Crippen molar-refractivity contribution >= 4 is 40.1 Å². The number of aromatic hydroxyl groups is 1. The van der Waals surface area contributed by atoms with Crippen LogP contribution in [0, 0.1) is 5.82 Å². The van der Waals surface area contributed by atoms with E-state index in [1.807, 2.05) is 41.8 Å². The highest BCUT2D eigenvalue weighted by Crippen LogP contribution is 2.39. The van der Waals surface area contributed by atoms with Crippen LogP contribution in [0.3, 0.4) is 0 Å². The maximum atomic E-state index is 14.3. The van der Waals surface area contributed by atoms with Gasteiger partial charge in [0, 0.05) is 22.9 Å². The highest BCUT2D eigenvalue weighted by Gasteiger charge is 2.24. The first kappa shape index (κ1) is 19.9. The minimum Gasteiger partial charge on any atom is -0.493 e. The number of benzene rings is 2. The average molecular weight is 434 g/mol. The maximum absolute atomic E-state index is 14.3. The zero-order valence-electron chi connectivity index (χ0n) is 17.4. The second kappa shape index (κ2) is 8.27. The Kier molecular flexibility index (Phi) is 5.32. The first-order valence-corrected chi connectivity index (χ1v) is 11.5. The first-order valence-electron chi connectivity index (χ1n) is 10.7. The Balaban J connectivity index is 1.67. The molecule has 1 aliphatic heterocycles. The Morgan fingerprint density at radius 2 is 1.84 bits per heavy atom. The van der Waals surface area contributed by atoms with Gasteiger partial charge in [0.1, 0.15) is 11.5 Å². The van der Waals surface area contributed by atoms with Crippen LogP contribution in [-0.4, -0.2) is 15.4 Å². The van der Waals surface area contributed by atoms with Gasteiger partial charge in [0.05, 0.1) is 10.6 Å². The summed E-state index contributed by atoms with van der Waals surface area (Å²) < 4.78 is 16.2. The number of hydrogen-bond acceptors (Lipinski definition) is 4. The van der Waals surface area contributed by atoms with E-state index in [0.717, 1.165) is 53.1 Å². The van der Waals surface area contributed by atoms with Crippen LogP contribution in [0.25, 0.3) is 11.6 Å². The Bertz CT molecular complexity index is 1260. The molecule has 158 valence electrons. The summed E-state index contributed by atoms with van der Waals surface area (Å²) in [5.41, 5.74) is 4.21. The van der Waals surface area contributed by atoms with Crippen molar-refractivity contribution in [3.05, 3.63) is 69.6 Å². The maximum Gasteiger partial charge on any atom is 0.211 e. The van der Waals surface area contributed by atoms with E-state index in [4.69, 9.17) is 0 Å². The fourth-order valence-corrected chi connectivity index (χ4v) is 5.48. The van der Waals surface area contributed by atoms with Gasteiger partial charge in [0.25, 0.3) is 0 Å². The minimum absolute atomic E-state index is 0.174. The lowest BCUT2D eigenvalue weighted by molar-refractivity contribution is 0.307. The normalized spacial score (nSPS) is 18.5. The van der Waals surface area contributed by atoms with E-state index in [0.29, 0.717) is 4.80 Å². The van der Waals surface area contributed by atoms with E-state index in [1.54, 1.807) is 18.2 Å². The van der Waals surface area contributed by atoms with E-state index in [-0.39, 0.29) is 23.4 Å². The van der Waals surface area contributed by atoms with E-state index in [9.17, 15) is 9.50 Å². The number of rotatable bonds is 3. The summed E-state index contributed by atoms with van der Waals surface area (Å²) in [5.74, 6) is -0.158. The lowest BCUT2D eigenvalue weighted by atomic mass is 9.95. The molecule has 0 amide bonds. The van der Waals surface area contributed by atoms with Crippen molar-refractivity contribution in [3.63, 3.8) is 0 Å². The third-order valence-corrected chi connectivity index (χ3v) is 7.00. The summed E-state index contributed by atoms with van der Waals surface area (Å²) in [6, 6.07) is 14.7. The third kappa shape index (κ3) is 3.76. The van der Waals surface area contributed by atoms with Gasteiger partial charge in [-0.15, -0.1) is 0 Å². The first-order chi connectivity index (χ1) is 15.1. The van der Waals surface area contributed by atoms with Gasteiger partial charge in [-0.1, -0.05) is 60.9 Å². The van der Waals surface area contributed by atoms with E-state index in [1.165, 1.54) is 23.8 Å². The fourth-order valence-electron chi connectivity index (χ4n) is 4.43. The number of para-hydroxylation sites is 2. The van der Waals surface area contributed by atoms with Crippen molar-refractivity contribution in [1.29, 1.82) is 0 Å². The highest BCUT2D eigenvalue weighted by molar-refractivity contribution is 7.10. The number of allylic oxidation sites excluding steroid dienone is 1. The molecule has 4 nitrogen and oxygen atoms in total. The van der Waals surface area contributed by atoms with Crippen LogP contribution in [0.2, 0.25) is 0 Å². The molecule has 0 atom stereocenters. The van der Waals surface area contributed by atoms with Gasteiger partial charge in [0.15, 0.2) is 4.80 Å². The predicted molar refractivity (Wildman–Crippen MR) is 125 cm³/mol. The Morgan fingerprint density at radius 1 is 1.10 bits per heavy atom. The molecule has 1 aromatic heterocycles. The topological polar surface area (TPSA) is 49.9 Å². The molecule has 2 aromatic carbocycles. The summed E-state index contributed by atoms with van der Waals surface area (Å²) in [6.07, 6.45) is 7.45. The van der Waals surface area contributed by atoms with E-state index >= 15 is 0 Å². The quantitative estimate of drug-likeness (QED) is 0.486. The van der Waals surface area contributed by atoms with Crippen molar-refractivity contribution in [2.45, 2.75) is 45.1 Å². The lowest BCUT2D eigenvalue weighted by Crippen LogP contribution is -2.22. The molecule has 2 aliphatic rings. The Morgan fingerprint density at radius 3 is 2.65 bits per heavy atom. The second-order valence-electron chi connectivity index (χ2n) is 8.07. The van der Waals surface area contributed by atoms with Crippen LogP contribution in [0.4, 0.5) is 15.8 Å². The molecule has 6 heteroatoms. The molecule has 1 aliphatic carbocycles. The van der Waals surface area contributed by atoms with Crippen LogP contribution in [0.15, 0.2) is 58.5 Å². The highest BCUT2D eigenvalue weighted by atomic mass is 32.1. The summed E-state index contributed by atoms with van der Waals surface area (Å²) in [4.78, 5) is 10.6. The smallest absolute Gasteiger partial charge is 0.211 e. The predicted octanol–water partition coefficient (Wildman–Crippen LogP) is 6.78. The molecule has 5 rings (SSSR count). The molecule has 1 N–H and O–H groups in total. The average Bonchev–Trinajstić information content (AvgIpc) is 3.26. The summed E-state index contributed by atoms with van der Waals surface area (Å²) in [7, 11) is 0. The molecule has 0 spiro atoms. The largest absolute Gasteiger partial charge is 0.493 e. The molecule has 0 saturated heterocycles. The number of aliphatic imine (C=N–C) groups is 1. The number of nitrogens with zero attached hydrogens (tertiary/aromatic N) is 3. The SMILES string of the molecule is CC1=Nc2ccccc2C1=Cc1sc(=Nc2ccccc2F)n(C2CCCCC2)c1O. The van der Waals surface area contributed by atoms with Crippen LogP contribution >= 0.6 is 11.3 Å². The van der Waals surface area contributed by atoms with Crippen molar-refractivity contribution in [3.8, 4) is 5.88 Å². The van der Waals surface area contributed by atoms with Crippen molar-refractivity contribution in [2.24, 2.45) is 9.98 Å². The number of hydrogen-bond donors (Lipinski definition) is 1. The zero-order valence-corrected chi connectivity index (χ0v) is 18.2. The van der Waals surface area contributed by atoms with Gasteiger partial charge in [-0.3, -0.25) is 9.56 Å². The standard InChI is InChI=1S/C25H24FN3OS/c1-16-19(18-11-5-7-13-21(18)27-16)15-23-24(30)29(17-9-3-2-4-10-17)25(31-23)28-22-14-8-6-12-20(22)26/h5-8,11-15,17,30H,2-4,9-10H2,1H3. The Hall–Kier alpha value is -2.99. The minimum atomic E-state index is -0.363. The monoisotopic (exact) mass is 433 g/mol. The van der Waals surface area contributed by atoms with Gasteiger partial charge < -0.3 is 5.11 Å². The Labute approximate surface area is 184 Å². The number of halogens is 1. The molecule has 0 unspecified atom stereocenters. The van der Waals surface area contributed by atoms with Crippen LogP contribution in [-0.2, 0) is 0 Å². The molecule has 0 bridgehead atoms. The molecule has 1 saturated carbocycles. The van der Waals surface area contributed by atoms with E-state index < -0.39 is 0 Å².